The van der Waals surface area contributed by atoms with Crippen LogP contribution in [0.2, 0.25) is 0 Å². The van der Waals surface area contributed by atoms with Gasteiger partial charge in [0.25, 0.3) is 5.91 Å². The molecule has 20 heavy (non-hydrogen) atoms. The highest BCUT2D eigenvalue weighted by Gasteiger charge is 2.30. The van der Waals surface area contributed by atoms with Crippen molar-refractivity contribution in [2.75, 3.05) is 12.8 Å². The lowest BCUT2D eigenvalue weighted by Gasteiger charge is -2.23. The van der Waals surface area contributed by atoms with Gasteiger partial charge in [0.15, 0.2) is 0 Å². The van der Waals surface area contributed by atoms with Crippen LogP contribution < -0.4 is 0 Å². The number of carbonyl (C=O) groups is 2. The summed E-state index contributed by atoms with van der Waals surface area (Å²) in [5.41, 5.74) is 1.84. The maximum absolute atomic E-state index is 12.4. The molecule has 1 fully saturated rings. The van der Waals surface area contributed by atoms with Crippen molar-refractivity contribution in [2.24, 2.45) is 0 Å². The molecule has 1 saturated heterocycles. The Morgan fingerprint density at radius 2 is 2.05 bits per heavy atom. The number of nitrogens with zero attached hydrogens (tertiary/aromatic N) is 1. The third kappa shape index (κ3) is 3.54. The van der Waals surface area contributed by atoms with Gasteiger partial charge in [0.05, 0.1) is 6.42 Å². The summed E-state index contributed by atoms with van der Waals surface area (Å²) >= 11 is 1.74. The van der Waals surface area contributed by atoms with Crippen molar-refractivity contribution < 1.29 is 14.7 Å². The highest BCUT2D eigenvalue weighted by atomic mass is 32.2. The van der Waals surface area contributed by atoms with Crippen LogP contribution in [0.25, 0.3) is 0 Å². The molecule has 1 aliphatic rings. The summed E-state index contributed by atoms with van der Waals surface area (Å²) in [6.45, 7) is 0.656. The minimum absolute atomic E-state index is 0.0380. The maximum Gasteiger partial charge on any atom is 0.305 e. The molecule has 1 amide bonds. The number of amides is 1. The lowest BCUT2D eigenvalue weighted by Crippen LogP contribution is -2.36. The molecule has 1 atom stereocenters. The molecule has 1 heterocycles. The van der Waals surface area contributed by atoms with Crippen molar-refractivity contribution in [1.82, 2.24) is 4.90 Å². The number of carbonyl (C=O) groups excluding carboxylic acids is 1. The Kier molecular flexibility index (Phi) is 5.06. The molecular formula is C15H19NO3S. The second kappa shape index (κ2) is 6.79. The number of hydrogen-bond acceptors (Lipinski definition) is 3. The Morgan fingerprint density at radius 3 is 2.65 bits per heavy atom. The Labute approximate surface area is 123 Å². The van der Waals surface area contributed by atoms with Gasteiger partial charge in [0.1, 0.15) is 0 Å². The van der Waals surface area contributed by atoms with Gasteiger partial charge in [0, 0.05) is 23.9 Å². The number of hydrogen-bond donors (Lipinski definition) is 1. The fraction of sp³-hybridized carbons (Fsp3) is 0.467. The van der Waals surface area contributed by atoms with Crippen LogP contribution >= 0.6 is 11.8 Å². The van der Waals surface area contributed by atoms with Crippen LogP contribution in [0.1, 0.15) is 35.2 Å². The zero-order valence-electron chi connectivity index (χ0n) is 11.5. The van der Waals surface area contributed by atoms with Gasteiger partial charge in [-0.2, -0.15) is 11.8 Å². The van der Waals surface area contributed by atoms with E-state index in [4.69, 9.17) is 5.11 Å². The number of carboxylic acid groups (broad SMARTS) is 1. The van der Waals surface area contributed by atoms with E-state index in [9.17, 15) is 9.59 Å². The molecular weight excluding hydrogens is 274 g/mol. The van der Waals surface area contributed by atoms with Crippen LogP contribution in [0.4, 0.5) is 0 Å². The first-order chi connectivity index (χ1) is 9.61. The van der Waals surface area contributed by atoms with Gasteiger partial charge in [-0.15, -0.1) is 0 Å². The highest BCUT2D eigenvalue weighted by Crippen LogP contribution is 2.23. The third-order valence-corrected chi connectivity index (χ3v) is 4.18. The molecule has 0 spiro atoms. The number of likely N-dealkylation sites (tertiary alicyclic amines) is 1. The molecule has 0 radical (unpaired) electrons. The molecule has 0 aromatic heterocycles. The Bertz CT molecular complexity index is 486. The van der Waals surface area contributed by atoms with Crippen LogP contribution in [-0.2, 0) is 10.5 Å². The van der Waals surface area contributed by atoms with Crippen LogP contribution in [0.3, 0.4) is 0 Å². The molecule has 1 unspecified atom stereocenters. The summed E-state index contributed by atoms with van der Waals surface area (Å²) in [5, 5.41) is 8.90. The summed E-state index contributed by atoms with van der Waals surface area (Å²) in [5.74, 6) is 0.0364. The zero-order valence-corrected chi connectivity index (χ0v) is 12.4. The van der Waals surface area contributed by atoms with Crippen LogP contribution in [0.15, 0.2) is 24.3 Å². The Morgan fingerprint density at radius 1 is 1.35 bits per heavy atom. The second-order valence-electron chi connectivity index (χ2n) is 5.02. The number of carboxylic acids is 1. The largest absolute Gasteiger partial charge is 0.481 e. The van der Waals surface area contributed by atoms with Gasteiger partial charge >= 0.3 is 5.97 Å². The van der Waals surface area contributed by atoms with E-state index in [1.54, 1.807) is 16.7 Å². The van der Waals surface area contributed by atoms with Gasteiger partial charge in [-0.3, -0.25) is 9.59 Å². The smallest absolute Gasteiger partial charge is 0.305 e. The highest BCUT2D eigenvalue weighted by molar-refractivity contribution is 7.97. The predicted molar refractivity (Wildman–Crippen MR) is 80.0 cm³/mol. The number of rotatable bonds is 5. The van der Waals surface area contributed by atoms with Crippen molar-refractivity contribution in [3.8, 4) is 0 Å². The first-order valence-corrected chi connectivity index (χ1v) is 8.12. The summed E-state index contributed by atoms with van der Waals surface area (Å²) < 4.78 is 0. The average Bonchev–Trinajstić information content (AvgIpc) is 2.86. The fourth-order valence-corrected chi connectivity index (χ4v) is 3.12. The molecule has 1 aliphatic heterocycles. The lowest BCUT2D eigenvalue weighted by atomic mass is 10.1. The first kappa shape index (κ1) is 14.9. The van der Waals surface area contributed by atoms with Crippen LogP contribution in [0, 0.1) is 0 Å². The monoisotopic (exact) mass is 293 g/mol. The minimum Gasteiger partial charge on any atom is -0.481 e. The van der Waals surface area contributed by atoms with Crippen molar-refractivity contribution in [3.05, 3.63) is 35.4 Å². The van der Waals surface area contributed by atoms with Crippen molar-refractivity contribution in [1.29, 1.82) is 0 Å². The number of benzene rings is 1. The molecule has 0 bridgehead atoms. The van der Waals surface area contributed by atoms with E-state index in [1.807, 2.05) is 30.5 Å². The van der Waals surface area contributed by atoms with Crippen LogP contribution in [0.5, 0.6) is 0 Å². The Hall–Kier alpha value is -1.49. The number of aliphatic carboxylic acids is 1. The Balaban J connectivity index is 2.07. The minimum atomic E-state index is -0.843. The van der Waals surface area contributed by atoms with Crippen molar-refractivity contribution in [2.45, 2.75) is 31.1 Å². The summed E-state index contributed by atoms with van der Waals surface area (Å²) in [4.78, 5) is 25.0. The molecule has 0 aliphatic carbocycles. The molecule has 1 N–H and O–H groups in total. The van der Waals surface area contributed by atoms with Gasteiger partial charge in [0.2, 0.25) is 0 Å². The van der Waals surface area contributed by atoms with E-state index in [2.05, 4.69) is 0 Å². The maximum atomic E-state index is 12.4. The lowest BCUT2D eigenvalue weighted by molar-refractivity contribution is -0.137. The van der Waals surface area contributed by atoms with Gasteiger partial charge in [-0.1, -0.05) is 12.1 Å². The molecule has 5 heteroatoms. The van der Waals surface area contributed by atoms with Crippen LogP contribution in [-0.4, -0.2) is 40.7 Å². The normalized spacial score (nSPS) is 18.2. The molecule has 1 aromatic carbocycles. The molecule has 2 rings (SSSR count). The second-order valence-corrected chi connectivity index (χ2v) is 5.89. The first-order valence-electron chi connectivity index (χ1n) is 6.72. The van der Waals surface area contributed by atoms with Gasteiger partial charge < -0.3 is 10.0 Å². The average molecular weight is 293 g/mol. The predicted octanol–water partition coefficient (Wildman–Crippen LogP) is 2.63. The van der Waals surface area contributed by atoms with E-state index in [0.29, 0.717) is 12.1 Å². The van der Waals surface area contributed by atoms with E-state index >= 15 is 0 Å². The van der Waals surface area contributed by atoms with Crippen molar-refractivity contribution in [3.63, 3.8) is 0 Å². The van der Waals surface area contributed by atoms with E-state index < -0.39 is 5.97 Å². The molecule has 108 valence electrons. The third-order valence-electron chi connectivity index (χ3n) is 3.56. The quantitative estimate of drug-likeness (QED) is 0.906. The van der Waals surface area contributed by atoms with Crippen molar-refractivity contribution >= 4 is 23.6 Å². The molecule has 4 nitrogen and oxygen atoms in total. The number of thioether (sulfide) groups is 1. The summed E-state index contributed by atoms with van der Waals surface area (Å²) in [7, 11) is 0. The van der Waals surface area contributed by atoms with E-state index in [-0.39, 0.29) is 18.4 Å². The standard InChI is InChI=1S/C15H19NO3S/c1-20-10-11-4-6-12(7-5-11)15(19)16-8-2-3-13(16)9-14(17)18/h4-7,13H,2-3,8-10H2,1H3,(H,17,18). The zero-order chi connectivity index (χ0) is 14.5. The topological polar surface area (TPSA) is 57.6 Å². The van der Waals surface area contributed by atoms with Gasteiger partial charge in [-0.05, 0) is 36.8 Å². The molecule has 1 aromatic rings. The SMILES string of the molecule is CSCc1ccc(C(=O)N2CCCC2CC(=O)O)cc1. The summed E-state index contributed by atoms with van der Waals surface area (Å²) in [6.07, 6.45) is 3.74. The van der Waals surface area contributed by atoms with E-state index in [1.165, 1.54) is 5.56 Å². The molecule has 0 saturated carbocycles. The summed E-state index contributed by atoms with van der Waals surface area (Å²) in [6, 6.07) is 7.44. The fourth-order valence-electron chi connectivity index (χ4n) is 2.59. The van der Waals surface area contributed by atoms with E-state index in [0.717, 1.165) is 18.6 Å². The van der Waals surface area contributed by atoms with Gasteiger partial charge in [-0.25, -0.2) is 0 Å².